The van der Waals surface area contributed by atoms with Gasteiger partial charge in [0, 0.05) is 17.3 Å². The molecule has 0 atom stereocenters. The minimum atomic E-state index is -0.300. The van der Waals surface area contributed by atoms with E-state index >= 15 is 0 Å². The number of hydrogen-bond acceptors (Lipinski definition) is 4. The summed E-state index contributed by atoms with van der Waals surface area (Å²) in [7, 11) is 0. The molecule has 1 heterocycles. The van der Waals surface area contributed by atoms with Crippen LogP contribution in [0.15, 0.2) is 48.7 Å². The average Bonchev–Trinajstić information content (AvgIpc) is 2.48. The first kappa shape index (κ1) is 12.7. The molecule has 0 saturated heterocycles. The highest BCUT2D eigenvalue weighted by Crippen LogP contribution is 2.08. The van der Waals surface area contributed by atoms with Gasteiger partial charge in [-0.3, -0.25) is 9.59 Å². The summed E-state index contributed by atoms with van der Waals surface area (Å²) >= 11 is 0. The fourth-order valence-electron chi connectivity index (χ4n) is 1.60. The van der Waals surface area contributed by atoms with Gasteiger partial charge >= 0.3 is 0 Å². The number of ketones is 2. The van der Waals surface area contributed by atoms with Crippen LogP contribution in [0.25, 0.3) is 0 Å². The molecule has 0 N–H and O–H groups in total. The maximum atomic E-state index is 11.9. The van der Waals surface area contributed by atoms with Crippen molar-refractivity contribution < 1.29 is 9.59 Å². The number of pyridine rings is 1. The lowest BCUT2D eigenvalue weighted by Crippen LogP contribution is -2.08. The molecule has 0 saturated carbocycles. The van der Waals surface area contributed by atoms with Crippen molar-refractivity contribution in [3.8, 4) is 6.07 Å². The number of Topliss-reactive ketones (excluding diaryl/α,β-unsaturated/α-hetero) is 2. The minimum absolute atomic E-state index is 0.197. The molecule has 4 nitrogen and oxygen atoms in total. The molecule has 0 aliphatic rings. The third kappa shape index (κ3) is 3.11. The van der Waals surface area contributed by atoms with Gasteiger partial charge in [-0.15, -0.1) is 0 Å². The number of rotatable bonds is 4. The first-order chi connectivity index (χ1) is 9.20. The van der Waals surface area contributed by atoms with Gasteiger partial charge in [0.15, 0.2) is 11.6 Å². The normalized spacial score (nSPS) is 9.63. The molecule has 1 aromatic carbocycles. The Hall–Kier alpha value is -2.80. The molecule has 0 radical (unpaired) electrons. The Bertz CT molecular complexity index is 640. The van der Waals surface area contributed by atoms with E-state index in [1.54, 1.807) is 24.3 Å². The quantitative estimate of drug-likeness (QED) is 0.617. The van der Waals surface area contributed by atoms with Gasteiger partial charge in [-0.2, -0.15) is 5.26 Å². The summed E-state index contributed by atoms with van der Waals surface area (Å²) in [6, 6.07) is 13.5. The van der Waals surface area contributed by atoms with Gasteiger partial charge in [-0.1, -0.05) is 30.3 Å². The number of carbonyl (C=O) groups excluding carboxylic acids is 2. The molecule has 0 bridgehead atoms. The fraction of sp³-hybridized carbons (Fsp3) is 0.0667. The zero-order chi connectivity index (χ0) is 13.7. The molecule has 92 valence electrons. The van der Waals surface area contributed by atoms with Crippen molar-refractivity contribution in [1.29, 1.82) is 5.26 Å². The second-order valence-corrected chi connectivity index (χ2v) is 3.93. The molecule has 1 aromatic heterocycles. The molecule has 2 aromatic rings. The lowest BCUT2D eigenvalue weighted by Gasteiger charge is -2.01. The molecular weight excluding hydrogens is 240 g/mol. The minimum Gasteiger partial charge on any atom is -0.294 e. The van der Waals surface area contributed by atoms with Crippen LogP contribution in [0.3, 0.4) is 0 Å². The van der Waals surface area contributed by atoms with E-state index in [1.165, 1.54) is 18.3 Å². The molecule has 19 heavy (non-hydrogen) atoms. The van der Waals surface area contributed by atoms with Crippen molar-refractivity contribution in [3.63, 3.8) is 0 Å². The van der Waals surface area contributed by atoms with Crippen LogP contribution in [0.1, 0.15) is 32.8 Å². The topological polar surface area (TPSA) is 70.8 Å². The maximum absolute atomic E-state index is 11.9. The van der Waals surface area contributed by atoms with Crippen molar-refractivity contribution in [1.82, 2.24) is 4.98 Å². The summed E-state index contributed by atoms with van der Waals surface area (Å²) in [5.74, 6) is -0.527. The SMILES string of the molecule is N#Cc1ccc(C(=O)CC(=O)c2ccccc2)cn1. The van der Waals surface area contributed by atoms with E-state index in [9.17, 15) is 9.59 Å². The first-order valence-electron chi connectivity index (χ1n) is 5.68. The van der Waals surface area contributed by atoms with E-state index < -0.39 is 0 Å². The summed E-state index contributed by atoms with van der Waals surface area (Å²) in [6.07, 6.45) is 1.12. The van der Waals surface area contributed by atoms with Crippen molar-refractivity contribution >= 4 is 11.6 Å². The van der Waals surface area contributed by atoms with Gasteiger partial charge in [0.05, 0.1) is 6.42 Å². The van der Waals surface area contributed by atoms with Gasteiger partial charge in [-0.05, 0) is 12.1 Å². The molecule has 0 fully saturated rings. The molecule has 0 amide bonds. The first-order valence-corrected chi connectivity index (χ1v) is 5.68. The highest BCUT2D eigenvalue weighted by molar-refractivity contribution is 6.13. The zero-order valence-electron chi connectivity index (χ0n) is 10.0. The van der Waals surface area contributed by atoms with Crippen LogP contribution in [0, 0.1) is 11.3 Å². The van der Waals surface area contributed by atoms with E-state index in [2.05, 4.69) is 4.98 Å². The number of hydrogen-bond donors (Lipinski definition) is 0. The zero-order valence-corrected chi connectivity index (χ0v) is 10.0. The van der Waals surface area contributed by atoms with Crippen molar-refractivity contribution in [2.24, 2.45) is 0 Å². The highest BCUT2D eigenvalue weighted by Gasteiger charge is 2.13. The molecular formula is C15H10N2O2. The smallest absolute Gasteiger partial charge is 0.172 e. The molecule has 0 aliphatic heterocycles. The van der Waals surface area contributed by atoms with Crippen molar-refractivity contribution in [3.05, 3.63) is 65.5 Å². The molecule has 0 aliphatic carbocycles. The standard InChI is InChI=1S/C15H10N2O2/c16-9-13-7-6-12(10-17-13)15(19)8-14(18)11-4-2-1-3-5-11/h1-7,10H,8H2. The third-order valence-corrected chi connectivity index (χ3v) is 2.62. The summed E-state index contributed by atoms with van der Waals surface area (Å²) in [6.45, 7) is 0. The van der Waals surface area contributed by atoms with E-state index in [1.807, 2.05) is 12.1 Å². The van der Waals surface area contributed by atoms with Crippen LogP contribution in [-0.2, 0) is 0 Å². The molecule has 4 heteroatoms. The van der Waals surface area contributed by atoms with E-state index in [4.69, 9.17) is 5.26 Å². The number of nitrogens with zero attached hydrogens (tertiary/aromatic N) is 2. The number of benzene rings is 1. The maximum Gasteiger partial charge on any atom is 0.172 e. The van der Waals surface area contributed by atoms with Crippen LogP contribution >= 0.6 is 0 Å². The van der Waals surface area contributed by atoms with Gasteiger partial charge in [0.25, 0.3) is 0 Å². The van der Waals surface area contributed by atoms with Crippen LogP contribution in [-0.4, -0.2) is 16.6 Å². The van der Waals surface area contributed by atoms with Gasteiger partial charge in [0.1, 0.15) is 11.8 Å². The van der Waals surface area contributed by atoms with Crippen molar-refractivity contribution in [2.75, 3.05) is 0 Å². The number of aromatic nitrogens is 1. The average molecular weight is 250 g/mol. The molecule has 2 rings (SSSR count). The van der Waals surface area contributed by atoms with Gasteiger partial charge < -0.3 is 0 Å². The van der Waals surface area contributed by atoms with Gasteiger partial charge in [0.2, 0.25) is 0 Å². The predicted octanol–water partition coefficient (Wildman–Crippen LogP) is 2.41. The highest BCUT2D eigenvalue weighted by atomic mass is 16.1. The fourth-order valence-corrected chi connectivity index (χ4v) is 1.60. The molecule has 0 unspecified atom stereocenters. The summed E-state index contributed by atoms with van der Waals surface area (Å²) < 4.78 is 0. The van der Waals surface area contributed by atoms with Crippen LogP contribution in [0.4, 0.5) is 0 Å². The number of nitriles is 1. The van der Waals surface area contributed by atoms with Crippen molar-refractivity contribution in [2.45, 2.75) is 6.42 Å². The Morgan fingerprint density at radius 2 is 1.68 bits per heavy atom. The lowest BCUT2D eigenvalue weighted by atomic mass is 10.0. The Balaban J connectivity index is 2.09. The predicted molar refractivity (Wildman–Crippen MR) is 68.7 cm³/mol. The van der Waals surface area contributed by atoms with E-state index in [-0.39, 0.29) is 23.7 Å². The van der Waals surface area contributed by atoms with E-state index in [0.717, 1.165) is 0 Å². The van der Waals surface area contributed by atoms with Crippen LogP contribution in [0.2, 0.25) is 0 Å². The Morgan fingerprint density at radius 1 is 1.00 bits per heavy atom. The summed E-state index contributed by atoms with van der Waals surface area (Å²) in [4.78, 5) is 27.5. The third-order valence-electron chi connectivity index (χ3n) is 2.62. The monoisotopic (exact) mass is 250 g/mol. The Morgan fingerprint density at radius 3 is 2.26 bits per heavy atom. The Labute approximate surface area is 110 Å². The summed E-state index contributed by atoms with van der Waals surface area (Å²) in [5, 5.41) is 8.61. The second kappa shape index (κ2) is 5.69. The largest absolute Gasteiger partial charge is 0.294 e. The molecule has 0 spiro atoms. The second-order valence-electron chi connectivity index (χ2n) is 3.93. The lowest BCUT2D eigenvalue weighted by molar-refractivity contribution is 0.0894. The number of carbonyl (C=O) groups is 2. The summed E-state index contributed by atoms with van der Waals surface area (Å²) in [5.41, 5.74) is 1.09. The van der Waals surface area contributed by atoms with Crippen LogP contribution in [0.5, 0.6) is 0 Å². The van der Waals surface area contributed by atoms with Gasteiger partial charge in [-0.25, -0.2) is 4.98 Å². The van der Waals surface area contributed by atoms with E-state index in [0.29, 0.717) is 11.1 Å². The Kier molecular flexibility index (Phi) is 3.79. The van der Waals surface area contributed by atoms with Crippen LogP contribution < -0.4 is 0 Å².